The zero-order chi connectivity index (χ0) is 21.0. The second kappa shape index (κ2) is 8.19. The molecule has 0 atom stereocenters. The highest BCUT2D eigenvalue weighted by Crippen LogP contribution is 2.29. The summed E-state index contributed by atoms with van der Waals surface area (Å²) in [6.45, 7) is 0.428. The van der Waals surface area contributed by atoms with Crippen molar-refractivity contribution in [3.05, 3.63) is 78.6 Å². The number of nitrogens with one attached hydrogen (secondary N) is 1. The minimum Gasteiger partial charge on any atom is -0.406 e. The molecular formula is C20H15F3N6O. The van der Waals surface area contributed by atoms with E-state index in [1.165, 1.54) is 29.1 Å². The molecule has 1 N–H and O–H groups in total. The van der Waals surface area contributed by atoms with Crippen LogP contribution >= 0.6 is 0 Å². The summed E-state index contributed by atoms with van der Waals surface area (Å²) >= 11 is 0. The van der Waals surface area contributed by atoms with Crippen LogP contribution in [0.15, 0.2) is 73.1 Å². The molecule has 0 radical (unpaired) electrons. The summed E-state index contributed by atoms with van der Waals surface area (Å²) < 4.78 is 40.8. The molecule has 0 saturated carbocycles. The second-order valence-corrected chi connectivity index (χ2v) is 6.25. The van der Waals surface area contributed by atoms with Gasteiger partial charge in [-0.3, -0.25) is 4.98 Å². The van der Waals surface area contributed by atoms with Gasteiger partial charge in [0.15, 0.2) is 0 Å². The molecule has 0 spiro atoms. The van der Waals surface area contributed by atoms with Gasteiger partial charge in [0.25, 0.3) is 0 Å². The van der Waals surface area contributed by atoms with E-state index in [9.17, 15) is 13.2 Å². The van der Waals surface area contributed by atoms with Gasteiger partial charge in [0.2, 0.25) is 5.82 Å². The molecule has 2 heterocycles. The number of pyridine rings is 1. The number of tetrazole rings is 1. The molecule has 0 saturated heterocycles. The van der Waals surface area contributed by atoms with E-state index >= 15 is 0 Å². The average Bonchev–Trinajstić information content (AvgIpc) is 3.18. The molecule has 152 valence electrons. The normalized spacial score (nSPS) is 11.3. The molecule has 0 amide bonds. The van der Waals surface area contributed by atoms with Crippen molar-refractivity contribution < 1.29 is 17.9 Å². The Bertz CT molecular complexity index is 1110. The van der Waals surface area contributed by atoms with Crippen LogP contribution in [0.2, 0.25) is 0 Å². The number of anilines is 2. The van der Waals surface area contributed by atoms with Gasteiger partial charge in [-0.25, -0.2) is 0 Å². The first kappa shape index (κ1) is 19.4. The smallest absolute Gasteiger partial charge is 0.406 e. The summed E-state index contributed by atoms with van der Waals surface area (Å²) in [6, 6.07) is 16.5. The van der Waals surface area contributed by atoms with Gasteiger partial charge in [-0.15, -0.1) is 23.4 Å². The number of halogens is 3. The highest BCUT2D eigenvalue weighted by Gasteiger charge is 2.30. The molecule has 4 aromatic rings. The third-order valence-corrected chi connectivity index (χ3v) is 4.03. The molecule has 0 aliphatic rings. The van der Waals surface area contributed by atoms with Crippen LogP contribution in [0.3, 0.4) is 0 Å². The third-order valence-electron chi connectivity index (χ3n) is 4.03. The van der Waals surface area contributed by atoms with Crippen molar-refractivity contribution >= 4 is 11.4 Å². The Balaban J connectivity index is 1.52. The lowest BCUT2D eigenvalue weighted by atomic mass is 10.1. The summed E-state index contributed by atoms with van der Waals surface area (Å²) in [5, 5.41) is 15.8. The maximum absolute atomic E-state index is 12.3. The van der Waals surface area contributed by atoms with E-state index in [0.29, 0.717) is 29.3 Å². The zero-order valence-electron chi connectivity index (χ0n) is 15.4. The maximum Gasteiger partial charge on any atom is 0.573 e. The van der Waals surface area contributed by atoms with Crippen molar-refractivity contribution in [2.45, 2.75) is 12.9 Å². The third kappa shape index (κ3) is 4.90. The Morgan fingerprint density at radius 2 is 1.77 bits per heavy atom. The average molecular weight is 412 g/mol. The fourth-order valence-corrected chi connectivity index (χ4v) is 2.76. The van der Waals surface area contributed by atoms with Crippen molar-refractivity contribution in [2.75, 3.05) is 5.32 Å². The van der Waals surface area contributed by atoms with Crippen LogP contribution < -0.4 is 10.1 Å². The fraction of sp³-hybridized carbons (Fsp3) is 0.100. The van der Waals surface area contributed by atoms with E-state index in [0.717, 1.165) is 5.56 Å². The number of rotatable bonds is 6. The predicted molar refractivity (Wildman–Crippen MR) is 103 cm³/mol. The number of para-hydroxylation sites is 1. The molecule has 7 nitrogen and oxygen atoms in total. The first-order valence-corrected chi connectivity index (χ1v) is 8.85. The molecule has 30 heavy (non-hydrogen) atoms. The molecule has 2 aromatic heterocycles. The van der Waals surface area contributed by atoms with E-state index in [4.69, 9.17) is 0 Å². The Morgan fingerprint density at radius 3 is 2.50 bits per heavy atom. The first-order chi connectivity index (χ1) is 14.5. The number of hydrogen-bond acceptors (Lipinski definition) is 6. The van der Waals surface area contributed by atoms with Crippen molar-refractivity contribution in [1.29, 1.82) is 0 Å². The highest BCUT2D eigenvalue weighted by atomic mass is 19.4. The van der Waals surface area contributed by atoms with Gasteiger partial charge in [-0.1, -0.05) is 18.2 Å². The number of benzene rings is 2. The van der Waals surface area contributed by atoms with Gasteiger partial charge >= 0.3 is 6.36 Å². The molecule has 4 rings (SSSR count). The molecule has 0 aliphatic heterocycles. The summed E-state index contributed by atoms with van der Waals surface area (Å²) in [6.07, 6.45) is -1.31. The number of alkyl halides is 3. The molecular weight excluding hydrogens is 397 g/mol. The van der Waals surface area contributed by atoms with Crippen LogP contribution in [0.4, 0.5) is 24.5 Å². The van der Waals surface area contributed by atoms with Crippen molar-refractivity contribution in [1.82, 2.24) is 25.2 Å². The van der Waals surface area contributed by atoms with Crippen LogP contribution in [-0.4, -0.2) is 31.6 Å². The van der Waals surface area contributed by atoms with Gasteiger partial charge in [-0.05, 0) is 53.2 Å². The standard InChI is InChI=1S/C20H15F3N6O/c21-20(22,23)30-16-9-7-15(8-10-16)25-18-6-2-1-5-17(18)19-26-28-29(27-19)13-14-4-3-11-24-12-14/h1-12,25H,13H2. The summed E-state index contributed by atoms with van der Waals surface area (Å²) in [7, 11) is 0. The molecule has 0 bridgehead atoms. The van der Waals surface area contributed by atoms with Crippen LogP contribution in [-0.2, 0) is 6.54 Å². The van der Waals surface area contributed by atoms with Crippen molar-refractivity contribution in [2.24, 2.45) is 0 Å². The largest absolute Gasteiger partial charge is 0.573 e. The van der Waals surface area contributed by atoms with Gasteiger partial charge in [0.1, 0.15) is 5.75 Å². The van der Waals surface area contributed by atoms with Gasteiger partial charge in [0, 0.05) is 29.3 Å². The maximum atomic E-state index is 12.3. The minimum atomic E-state index is -4.73. The van der Waals surface area contributed by atoms with Crippen LogP contribution in [0, 0.1) is 0 Å². The molecule has 0 unspecified atom stereocenters. The Hall–Kier alpha value is -3.95. The Kier molecular flexibility index (Phi) is 5.29. The molecule has 0 fully saturated rings. The Labute approximate surface area is 169 Å². The van der Waals surface area contributed by atoms with Crippen LogP contribution in [0.1, 0.15) is 5.56 Å². The van der Waals surface area contributed by atoms with E-state index in [1.54, 1.807) is 12.4 Å². The Morgan fingerprint density at radius 1 is 0.967 bits per heavy atom. The van der Waals surface area contributed by atoms with Crippen LogP contribution in [0.5, 0.6) is 5.75 Å². The van der Waals surface area contributed by atoms with Crippen molar-refractivity contribution in [3.63, 3.8) is 0 Å². The van der Waals surface area contributed by atoms with E-state index < -0.39 is 6.36 Å². The molecule has 0 aliphatic carbocycles. The number of aromatic nitrogens is 5. The molecule has 2 aromatic carbocycles. The summed E-state index contributed by atoms with van der Waals surface area (Å²) in [5.41, 5.74) is 2.90. The topological polar surface area (TPSA) is 77.8 Å². The number of nitrogens with zero attached hydrogens (tertiary/aromatic N) is 5. The first-order valence-electron chi connectivity index (χ1n) is 8.85. The SMILES string of the molecule is FC(F)(F)Oc1ccc(Nc2ccccc2-c2nnn(Cc3cccnc3)n2)cc1. The van der Waals surface area contributed by atoms with E-state index in [-0.39, 0.29) is 5.75 Å². The van der Waals surface area contributed by atoms with Crippen LogP contribution in [0.25, 0.3) is 11.4 Å². The lowest BCUT2D eigenvalue weighted by Gasteiger charge is -2.12. The molecule has 10 heteroatoms. The fourth-order valence-electron chi connectivity index (χ4n) is 2.76. The van der Waals surface area contributed by atoms with Gasteiger partial charge in [-0.2, -0.15) is 4.80 Å². The lowest BCUT2D eigenvalue weighted by Crippen LogP contribution is -2.16. The van der Waals surface area contributed by atoms with E-state index in [1.807, 2.05) is 36.4 Å². The van der Waals surface area contributed by atoms with Gasteiger partial charge in [0.05, 0.1) is 6.54 Å². The lowest BCUT2D eigenvalue weighted by molar-refractivity contribution is -0.274. The summed E-state index contributed by atoms with van der Waals surface area (Å²) in [5.74, 6) is 0.125. The predicted octanol–water partition coefficient (Wildman–Crippen LogP) is 4.43. The summed E-state index contributed by atoms with van der Waals surface area (Å²) in [4.78, 5) is 5.53. The van der Waals surface area contributed by atoms with E-state index in [2.05, 4.69) is 30.4 Å². The quantitative estimate of drug-likeness (QED) is 0.505. The number of hydrogen-bond donors (Lipinski definition) is 1. The van der Waals surface area contributed by atoms with Gasteiger partial charge < -0.3 is 10.1 Å². The highest BCUT2D eigenvalue weighted by molar-refractivity contribution is 5.77. The zero-order valence-corrected chi connectivity index (χ0v) is 15.4. The minimum absolute atomic E-state index is 0.290. The van der Waals surface area contributed by atoms with Crippen molar-refractivity contribution in [3.8, 4) is 17.1 Å². The monoisotopic (exact) mass is 412 g/mol. The number of ether oxygens (including phenoxy) is 1. The second-order valence-electron chi connectivity index (χ2n) is 6.25.